The molecule has 2 N–H and O–H groups in total. The predicted octanol–water partition coefficient (Wildman–Crippen LogP) is 4.35. The van der Waals surface area contributed by atoms with Gasteiger partial charge in [-0.15, -0.1) is 0 Å². The second-order valence-electron chi connectivity index (χ2n) is 7.37. The summed E-state index contributed by atoms with van der Waals surface area (Å²) in [6, 6.07) is 16.2. The van der Waals surface area contributed by atoms with E-state index in [9.17, 15) is 19.6 Å². The Morgan fingerprint density at radius 1 is 1.14 bits per heavy atom. The Kier molecular flexibility index (Phi) is 9.34. The zero-order chi connectivity index (χ0) is 25.4. The first-order chi connectivity index (χ1) is 16.9. The summed E-state index contributed by atoms with van der Waals surface area (Å²) in [5.74, 6) is -3.43. The van der Waals surface area contributed by atoms with E-state index in [0.29, 0.717) is 23.6 Å². The summed E-state index contributed by atoms with van der Waals surface area (Å²) >= 11 is 4.36. The summed E-state index contributed by atoms with van der Waals surface area (Å²) in [4.78, 5) is 38.4. The van der Waals surface area contributed by atoms with Crippen LogP contribution >= 0.6 is 27.7 Å². The van der Waals surface area contributed by atoms with Crippen molar-refractivity contribution in [1.82, 2.24) is 5.32 Å². The van der Waals surface area contributed by atoms with Gasteiger partial charge in [0.15, 0.2) is 0 Å². The number of amides is 2. The molecule has 3 rings (SSSR count). The number of rotatable bonds is 9. The molecule has 1 aliphatic heterocycles. The van der Waals surface area contributed by atoms with Gasteiger partial charge in [-0.3, -0.25) is 14.4 Å². The Morgan fingerprint density at radius 3 is 2.51 bits per heavy atom. The third-order valence-corrected chi connectivity index (χ3v) is 6.64. The maximum absolute atomic E-state index is 13.1. The van der Waals surface area contributed by atoms with E-state index in [1.54, 1.807) is 55.5 Å². The Morgan fingerprint density at radius 2 is 1.86 bits per heavy atom. The number of allylic oxidation sites excluding steroid dienone is 1. The second kappa shape index (κ2) is 12.4. The van der Waals surface area contributed by atoms with Gasteiger partial charge >= 0.3 is 5.97 Å². The van der Waals surface area contributed by atoms with E-state index in [-0.39, 0.29) is 28.9 Å². The first-order valence-corrected chi connectivity index (χ1v) is 12.7. The Balaban J connectivity index is 1.94. The van der Waals surface area contributed by atoms with Crippen LogP contribution in [0, 0.1) is 17.2 Å². The lowest BCUT2D eigenvalue weighted by Crippen LogP contribution is -2.44. The molecule has 8 nitrogen and oxygen atoms in total. The first-order valence-electron chi connectivity index (χ1n) is 10.9. The number of hydrogen-bond acceptors (Lipinski definition) is 7. The molecule has 1 heterocycles. The molecule has 182 valence electrons. The third kappa shape index (κ3) is 6.44. The molecular formula is C25H24BrN3O5S. The van der Waals surface area contributed by atoms with Crippen molar-refractivity contribution in [3.8, 4) is 11.8 Å². The average Bonchev–Trinajstić information content (AvgIpc) is 2.84. The number of ether oxygens (including phenoxy) is 2. The maximum atomic E-state index is 13.1. The highest BCUT2D eigenvalue weighted by molar-refractivity contribution is 9.10. The number of hydrogen-bond donors (Lipinski definition) is 2. The number of anilines is 1. The zero-order valence-electron chi connectivity index (χ0n) is 19.2. The summed E-state index contributed by atoms with van der Waals surface area (Å²) in [6.45, 7) is 3.92. The van der Waals surface area contributed by atoms with Crippen molar-refractivity contribution < 1.29 is 23.9 Å². The number of esters is 1. The summed E-state index contributed by atoms with van der Waals surface area (Å²) in [6.07, 6.45) is 0. The fraction of sp³-hybridized carbons (Fsp3) is 0.280. The van der Waals surface area contributed by atoms with Crippen molar-refractivity contribution in [1.29, 1.82) is 5.26 Å². The van der Waals surface area contributed by atoms with Crippen LogP contribution in [-0.4, -0.2) is 36.8 Å². The van der Waals surface area contributed by atoms with E-state index in [4.69, 9.17) is 9.47 Å². The number of halogens is 1. The normalized spacial score (nSPS) is 17.3. The van der Waals surface area contributed by atoms with Gasteiger partial charge in [-0.25, -0.2) is 0 Å². The number of carbonyl (C=O) groups excluding carboxylic acids is 3. The van der Waals surface area contributed by atoms with Gasteiger partial charge in [0.1, 0.15) is 11.7 Å². The smallest absolute Gasteiger partial charge is 0.319 e. The summed E-state index contributed by atoms with van der Waals surface area (Å²) in [5, 5.41) is 15.7. The molecule has 0 radical (unpaired) electrons. The van der Waals surface area contributed by atoms with E-state index in [1.165, 1.54) is 0 Å². The molecule has 0 aliphatic carbocycles. The quantitative estimate of drug-likeness (QED) is 0.347. The Labute approximate surface area is 216 Å². The lowest BCUT2D eigenvalue weighted by atomic mass is 9.78. The number of nitriles is 1. The number of carbonyl (C=O) groups is 3. The van der Waals surface area contributed by atoms with Crippen molar-refractivity contribution in [2.24, 2.45) is 5.92 Å². The maximum Gasteiger partial charge on any atom is 0.319 e. The van der Waals surface area contributed by atoms with Gasteiger partial charge in [-0.2, -0.15) is 5.26 Å². The first kappa shape index (κ1) is 26.3. The minimum Gasteiger partial charge on any atom is -0.494 e. The topological polar surface area (TPSA) is 118 Å². The van der Waals surface area contributed by atoms with Crippen LogP contribution < -0.4 is 15.4 Å². The molecule has 0 fully saturated rings. The van der Waals surface area contributed by atoms with Gasteiger partial charge in [0.05, 0.1) is 35.6 Å². The molecule has 0 aromatic heterocycles. The number of nitrogens with zero attached hydrogens (tertiary/aromatic N) is 1. The van der Waals surface area contributed by atoms with Crippen LogP contribution in [0.15, 0.2) is 63.6 Å². The van der Waals surface area contributed by atoms with Crippen molar-refractivity contribution in [2.45, 2.75) is 19.8 Å². The minimum absolute atomic E-state index is 0.0548. The van der Waals surface area contributed by atoms with Crippen LogP contribution in [0.4, 0.5) is 5.69 Å². The van der Waals surface area contributed by atoms with Crippen LogP contribution in [0.1, 0.15) is 25.3 Å². The van der Waals surface area contributed by atoms with Gasteiger partial charge in [0.2, 0.25) is 11.8 Å². The molecule has 0 spiro atoms. The average molecular weight is 558 g/mol. The summed E-state index contributed by atoms with van der Waals surface area (Å²) < 4.78 is 11.8. The highest BCUT2D eigenvalue weighted by Gasteiger charge is 2.45. The van der Waals surface area contributed by atoms with Gasteiger partial charge in [-0.1, -0.05) is 45.9 Å². The zero-order valence-corrected chi connectivity index (χ0v) is 21.6. The Hall–Kier alpha value is -3.29. The second-order valence-corrected chi connectivity index (χ2v) is 9.27. The van der Waals surface area contributed by atoms with E-state index in [1.807, 2.05) is 6.92 Å². The largest absolute Gasteiger partial charge is 0.494 e. The van der Waals surface area contributed by atoms with E-state index >= 15 is 0 Å². The van der Waals surface area contributed by atoms with Crippen LogP contribution in [0.3, 0.4) is 0 Å². The van der Waals surface area contributed by atoms with Crippen LogP contribution in [0.25, 0.3) is 0 Å². The molecule has 0 bridgehead atoms. The fourth-order valence-corrected chi connectivity index (χ4v) is 4.77. The molecule has 35 heavy (non-hydrogen) atoms. The predicted molar refractivity (Wildman–Crippen MR) is 136 cm³/mol. The standard InChI is InChI=1S/C25H24BrN3O5S/c1-3-33-19-8-6-5-7-17(19)21-18(13-27)24(29-23(31)22(21)25(32)34-4-2)35-14-20(30)28-16-11-9-15(26)10-12-16/h5-12,21-22H,3-4,14H2,1-2H3,(H,28,30)(H,29,31)/t21-,22+/m0/s1. The third-order valence-electron chi connectivity index (χ3n) is 5.10. The molecule has 0 saturated carbocycles. The molecule has 2 aromatic carbocycles. The molecule has 10 heteroatoms. The van der Waals surface area contributed by atoms with Gasteiger partial charge in [0.25, 0.3) is 0 Å². The molecule has 0 saturated heterocycles. The summed E-state index contributed by atoms with van der Waals surface area (Å²) in [7, 11) is 0. The minimum atomic E-state index is -1.27. The summed E-state index contributed by atoms with van der Waals surface area (Å²) in [5.41, 5.74) is 1.30. The molecular weight excluding hydrogens is 534 g/mol. The van der Waals surface area contributed by atoms with E-state index < -0.39 is 23.7 Å². The van der Waals surface area contributed by atoms with Gasteiger partial charge < -0.3 is 20.1 Å². The fourth-order valence-electron chi connectivity index (χ4n) is 3.65. The van der Waals surface area contributed by atoms with Crippen molar-refractivity contribution in [3.63, 3.8) is 0 Å². The van der Waals surface area contributed by atoms with E-state index in [0.717, 1.165) is 16.2 Å². The highest BCUT2D eigenvalue weighted by Crippen LogP contribution is 2.43. The monoisotopic (exact) mass is 557 g/mol. The molecule has 0 unspecified atom stereocenters. The highest BCUT2D eigenvalue weighted by atomic mass is 79.9. The molecule has 2 atom stereocenters. The number of nitrogens with one attached hydrogen (secondary N) is 2. The van der Waals surface area contributed by atoms with Crippen molar-refractivity contribution in [3.05, 3.63) is 69.2 Å². The van der Waals surface area contributed by atoms with Crippen LogP contribution in [0.5, 0.6) is 5.75 Å². The van der Waals surface area contributed by atoms with E-state index in [2.05, 4.69) is 32.6 Å². The number of para-hydroxylation sites is 1. The molecule has 2 aromatic rings. The van der Waals surface area contributed by atoms with Crippen molar-refractivity contribution >= 4 is 51.2 Å². The van der Waals surface area contributed by atoms with Gasteiger partial charge in [-0.05, 0) is 44.2 Å². The van der Waals surface area contributed by atoms with Crippen LogP contribution in [-0.2, 0) is 19.1 Å². The van der Waals surface area contributed by atoms with Crippen molar-refractivity contribution in [2.75, 3.05) is 24.3 Å². The number of thioether (sulfide) groups is 1. The van der Waals surface area contributed by atoms with Gasteiger partial charge in [0, 0.05) is 21.6 Å². The lowest BCUT2D eigenvalue weighted by molar-refractivity contribution is -0.152. The molecule has 2 amide bonds. The molecule has 1 aliphatic rings. The number of benzene rings is 2. The van der Waals surface area contributed by atoms with Crippen LogP contribution in [0.2, 0.25) is 0 Å². The Bertz CT molecular complexity index is 1180. The lowest BCUT2D eigenvalue weighted by Gasteiger charge is -2.32. The SMILES string of the molecule is CCOC(=O)[C@H]1C(=O)NC(SCC(=O)Nc2ccc(Br)cc2)=C(C#N)[C@@H]1c1ccccc1OCC.